The van der Waals surface area contributed by atoms with Crippen LogP contribution in [0.4, 0.5) is 0 Å². The Morgan fingerprint density at radius 2 is 2.04 bits per heavy atom. The maximum absolute atomic E-state index is 12.2. The highest BCUT2D eigenvalue weighted by Gasteiger charge is 2.30. The highest BCUT2D eigenvalue weighted by Crippen LogP contribution is 2.25. The Kier molecular flexibility index (Phi) is 6.15. The molecule has 0 heterocycles. The van der Waals surface area contributed by atoms with Gasteiger partial charge in [-0.15, -0.1) is 0 Å². The molecule has 1 aliphatic carbocycles. The molecule has 1 aromatic carbocycles. The average Bonchev–Trinajstić information content (AvgIpc) is 3.03. The third-order valence-corrected chi connectivity index (χ3v) is 3.85. The van der Waals surface area contributed by atoms with Crippen molar-refractivity contribution in [3.8, 4) is 11.8 Å². The molecule has 0 radical (unpaired) electrons. The van der Waals surface area contributed by atoms with Crippen LogP contribution in [0.1, 0.15) is 35.2 Å². The summed E-state index contributed by atoms with van der Waals surface area (Å²) in [7, 11) is 1.58. The van der Waals surface area contributed by atoms with Crippen molar-refractivity contribution in [3.05, 3.63) is 35.4 Å². The van der Waals surface area contributed by atoms with Crippen LogP contribution >= 0.6 is 0 Å². The van der Waals surface area contributed by atoms with E-state index in [1.165, 1.54) is 0 Å². The summed E-state index contributed by atoms with van der Waals surface area (Å²) in [4.78, 5) is 23.6. The lowest BCUT2D eigenvalue weighted by Gasteiger charge is -2.13. The van der Waals surface area contributed by atoms with E-state index in [4.69, 9.17) is 9.94 Å². The van der Waals surface area contributed by atoms with Crippen molar-refractivity contribution in [1.82, 2.24) is 10.8 Å². The van der Waals surface area contributed by atoms with Crippen LogP contribution in [0.2, 0.25) is 0 Å². The van der Waals surface area contributed by atoms with Gasteiger partial charge >= 0.3 is 0 Å². The average molecular weight is 316 g/mol. The van der Waals surface area contributed by atoms with Crippen LogP contribution in [0.5, 0.6) is 0 Å². The number of amides is 2. The number of carbonyl (C=O) groups excluding carboxylic acids is 2. The third kappa shape index (κ3) is 4.81. The van der Waals surface area contributed by atoms with Gasteiger partial charge < -0.3 is 10.1 Å². The SMILES string of the molecule is COCC#Cc1ccc(C(=O)N[C@@H]2CC[C@H](C(=O)NO)C2)cc1. The van der Waals surface area contributed by atoms with Crippen LogP contribution in [0.3, 0.4) is 0 Å². The van der Waals surface area contributed by atoms with Gasteiger partial charge in [-0.3, -0.25) is 14.8 Å². The molecule has 0 bridgehead atoms. The normalized spacial score (nSPS) is 19.6. The summed E-state index contributed by atoms with van der Waals surface area (Å²) < 4.78 is 4.85. The quantitative estimate of drug-likeness (QED) is 0.441. The first kappa shape index (κ1) is 17.0. The smallest absolute Gasteiger partial charge is 0.251 e. The van der Waals surface area contributed by atoms with Crippen LogP contribution in [0.15, 0.2) is 24.3 Å². The van der Waals surface area contributed by atoms with E-state index in [2.05, 4.69) is 17.2 Å². The second kappa shape index (κ2) is 8.32. The van der Waals surface area contributed by atoms with Crippen LogP contribution in [-0.2, 0) is 9.53 Å². The van der Waals surface area contributed by atoms with Gasteiger partial charge in [-0.05, 0) is 43.5 Å². The second-order valence-corrected chi connectivity index (χ2v) is 5.47. The number of carbonyl (C=O) groups is 2. The Morgan fingerprint density at radius 1 is 1.30 bits per heavy atom. The van der Waals surface area contributed by atoms with Crippen molar-refractivity contribution in [1.29, 1.82) is 0 Å². The Hall–Kier alpha value is -2.36. The molecule has 0 unspecified atom stereocenters. The molecule has 23 heavy (non-hydrogen) atoms. The molecule has 1 saturated carbocycles. The fourth-order valence-electron chi connectivity index (χ4n) is 2.63. The van der Waals surface area contributed by atoms with E-state index < -0.39 is 0 Å². The van der Waals surface area contributed by atoms with Gasteiger partial charge in [0.05, 0.1) is 0 Å². The topological polar surface area (TPSA) is 87.7 Å². The van der Waals surface area contributed by atoms with Crippen molar-refractivity contribution in [2.75, 3.05) is 13.7 Å². The number of hydroxylamine groups is 1. The van der Waals surface area contributed by atoms with Crippen molar-refractivity contribution >= 4 is 11.8 Å². The first-order valence-corrected chi connectivity index (χ1v) is 7.46. The monoisotopic (exact) mass is 316 g/mol. The lowest BCUT2D eigenvalue weighted by atomic mass is 10.1. The predicted molar refractivity (Wildman–Crippen MR) is 83.7 cm³/mol. The van der Waals surface area contributed by atoms with Crippen molar-refractivity contribution in [2.45, 2.75) is 25.3 Å². The standard InChI is InChI=1S/C17H20N2O4/c1-23-10-2-3-12-4-6-13(7-5-12)16(20)18-15-9-8-14(11-15)17(21)19-22/h4-7,14-15,22H,8-11H2,1H3,(H,18,20)(H,19,21)/t14-,15+/m0/s1. The van der Waals surface area contributed by atoms with E-state index in [0.29, 0.717) is 25.0 Å². The molecule has 0 spiro atoms. The largest absolute Gasteiger partial charge is 0.372 e. The minimum atomic E-state index is -0.388. The van der Waals surface area contributed by atoms with Gasteiger partial charge in [-0.25, -0.2) is 5.48 Å². The van der Waals surface area contributed by atoms with E-state index in [1.54, 1.807) is 36.9 Å². The summed E-state index contributed by atoms with van der Waals surface area (Å²) in [5, 5.41) is 11.6. The number of ether oxygens (including phenoxy) is 1. The zero-order valence-corrected chi connectivity index (χ0v) is 13.0. The zero-order valence-electron chi connectivity index (χ0n) is 13.0. The van der Waals surface area contributed by atoms with Crippen molar-refractivity contribution in [2.24, 2.45) is 5.92 Å². The molecular weight excluding hydrogens is 296 g/mol. The summed E-state index contributed by atoms with van der Waals surface area (Å²) in [5.41, 5.74) is 3.04. The fourth-order valence-corrected chi connectivity index (χ4v) is 2.63. The van der Waals surface area contributed by atoms with Gasteiger partial charge in [0.15, 0.2) is 0 Å². The minimum absolute atomic E-state index is 0.0500. The van der Waals surface area contributed by atoms with E-state index in [-0.39, 0.29) is 23.8 Å². The van der Waals surface area contributed by atoms with Gasteiger partial charge in [0.25, 0.3) is 5.91 Å². The Labute approximate surface area is 135 Å². The number of hydrogen-bond donors (Lipinski definition) is 3. The lowest BCUT2D eigenvalue weighted by molar-refractivity contribution is -0.133. The molecule has 0 aromatic heterocycles. The summed E-state index contributed by atoms with van der Waals surface area (Å²) in [6, 6.07) is 6.96. The summed E-state index contributed by atoms with van der Waals surface area (Å²) in [5.74, 6) is 4.98. The number of rotatable bonds is 4. The lowest BCUT2D eigenvalue weighted by Crippen LogP contribution is -2.34. The van der Waals surface area contributed by atoms with Crippen molar-refractivity contribution in [3.63, 3.8) is 0 Å². The number of methoxy groups -OCH3 is 1. The molecule has 0 saturated heterocycles. The molecule has 3 N–H and O–H groups in total. The molecule has 2 amide bonds. The first-order chi connectivity index (χ1) is 11.1. The summed E-state index contributed by atoms with van der Waals surface area (Å²) in [6.45, 7) is 0.368. The Morgan fingerprint density at radius 3 is 2.70 bits per heavy atom. The van der Waals surface area contributed by atoms with Crippen LogP contribution < -0.4 is 10.8 Å². The predicted octanol–water partition coefficient (Wildman–Crippen LogP) is 1.09. The molecule has 6 heteroatoms. The molecule has 1 aliphatic rings. The molecule has 2 rings (SSSR count). The highest BCUT2D eigenvalue weighted by molar-refractivity contribution is 5.94. The number of nitrogens with one attached hydrogen (secondary N) is 2. The summed E-state index contributed by atoms with van der Waals surface area (Å²) >= 11 is 0. The third-order valence-electron chi connectivity index (χ3n) is 3.85. The Balaban J connectivity index is 1.89. The van der Waals surface area contributed by atoms with Gasteiger partial charge in [0.2, 0.25) is 5.91 Å². The zero-order chi connectivity index (χ0) is 16.7. The van der Waals surface area contributed by atoms with E-state index in [9.17, 15) is 9.59 Å². The van der Waals surface area contributed by atoms with Gasteiger partial charge in [-0.1, -0.05) is 11.8 Å². The van der Waals surface area contributed by atoms with E-state index in [1.807, 2.05) is 0 Å². The maximum Gasteiger partial charge on any atom is 0.251 e. The molecule has 122 valence electrons. The molecule has 1 fully saturated rings. The Bertz CT molecular complexity index is 616. The van der Waals surface area contributed by atoms with E-state index >= 15 is 0 Å². The number of hydrogen-bond acceptors (Lipinski definition) is 4. The molecule has 0 aliphatic heterocycles. The fraction of sp³-hybridized carbons (Fsp3) is 0.412. The highest BCUT2D eigenvalue weighted by atomic mass is 16.5. The molecule has 2 atom stereocenters. The van der Waals surface area contributed by atoms with Crippen LogP contribution in [0, 0.1) is 17.8 Å². The van der Waals surface area contributed by atoms with Crippen molar-refractivity contribution < 1.29 is 19.5 Å². The second-order valence-electron chi connectivity index (χ2n) is 5.47. The molecule has 6 nitrogen and oxygen atoms in total. The van der Waals surface area contributed by atoms with Crippen LogP contribution in [-0.4, -0.2) is 36.8 Å². The van der Waals surface area contributed by atoms with Crippen LogP contribution in [0.25, 0.3) is 0 Å². The van der Waals surface area contributed by atoms with Gasteiger partial charge in [-0.2, -0.15) is 0 Å². The number of benzene rings is 1. The molecular formula is C17H20N2O4. The summed E-state index contributed by atoms with van der Waals surface area (Å²) in [6.07, 6.45) is 1.93. The molecule has 1 aromatic rings. The van der Waals surface area contributed by atoms with Gasteiger partial charge in [0.1, 0.15) is 6.61 Å². The minimum Gasteiger partial charge on any atom is -0.372 e. The van der Waals surface area contributed by atoms with Gasteiger partial charge in [0, 0.05) is 30.2 Å². The maximum atomic E-state index is 12.2. The van der Waals surface area contributed by atoms with E-state index in [0.717, 1.165) is 12.0 Å². The first-order valence-electron chi connectivity index (χ1n) is 7.46.